The number of urea groups is 1. The van der Waals surface area contributed by atoms with E-state index >= 15 is 0 Å². The Morgan fingerprint density at radius 2 is 2.07 bits per heavy atom. The summed E-state index contributed by atoms with van der Waals surface area (Å²) in [5, 5.41) is 15.2. The summed E-state index contributed by atoms with van der Waals surface area (Å²) >= 11 is 0. The molecule has 2 amide bonds. The van der Waals surface area contributed by atoms with Crippen molar-refractivity contribution in [1.82, 2.24) is 10.6 Å². The quantitative estimate of drug-likeness (QED) is 0.643. The molecular weight excluding hydrogens is 368 g/mol. The fraction of sp³-hybridized carbons (Fsp3) is 0.316. The van der Waals surface area contributed by atoms with Crippen molar-refractivity contribution >= 4 is 28.9 Å². The zero-order chi connectivity index (χ0) is 20.3. The Kier molecular flexibility index (Phi) is 5.53. The molecule has 0 bridgehead atoms. The van der Waals surface area contributed by atoms with Gasteiger partial charge in [-0.1, -0.05) is 0 Å². The maximum atomic E-state index is 12.2. The number of benzene rings is 1. The molecule has 2 aromatic rings. The van der Waals surface area contributed by atoms with E-state index < -0.39 is 24.0 Å². The maximum absolute atomic E-state index is 12.2. The molecule has 3 N–H and O–H groups in total. The zero-order valence-electron chi connectivity index (χ0n) is 15.4. The van der Waals surface area contributed by atoms with Crippen LogP contribution >= 0.6 is 0 Å². The summed E-state index contributed by atoms with van der Waals surface area (Å²) < 4.78 is 15.6. The highest BCUT2D eigenvalue weighted by molar-refractivity contribution is 5.95. The number of ether oxygens (including phenoxy) is 2. The van der Waals surface area contributed by atoms with Gasteiger partial charge in [0.15, 0.2) is 0 Å². The van der Waals surface area contributed by atoms with Crippen LogP contribution in [0.3, 0.4) is 0 Å². The third-order valence-corrected chi connectivity index (χ3v) is 4.22. The molecule has 0 spiro atoms. The van der Waals surface area contributed by atoms with Crippen molar-refractivity contribution in [3.63, 3.8) is 0 Å². The van der Waals surface area contributed by atoms with Crippen LogP contribution in [0.25, 0.3) is 11.0 Å². The second-order valence-electron chi connectivity index (χ2n) is 6.21. The maximum Gasteiger partial charge on any atom is 0.338 e. The summed E-state index contributed by atoms with van der Waals surface area (Å²) in [4.78, 5) is 36.1. The molecule has 1 aliphatic heterocycles. The number of carbonyl (C=O) groups excluding carboxylic acids is 3. The number of phenolic OH excluding ortho intramolecular Hbond substituents is 1. The topological polar surface area (TPSA) is 127 Å². The average Bonchev–Trinajstić information content (AvgIpc) is 3.01. The van der Waals surface area contributed by atoms with E-state index in [0.717, 1.165) is 0 Å². The number of nitrogens with one attached hydrogen (secondary N) is 2. The van der Waals surface area contributed by atoms with Crippen LogP contribution in [0.1, 0.15) is 19.4 Å². The molecule has 0 unspecified atom stereocenters. The molecule has 1 aliphatic rings. The molecule has 28 heavy (non-hydrogen) atoms. The van der Waals surface area contributed by atoms with Gasteiger partial charge in [0.1, 0.15) is 17.9 Å². The molecule has 0 aliphatic carbocycles. The van der Waals surface area contributed by atoms with Gasteiger partial charge in [-0.15, -0.1) is 0 Å². The molecule has 0 fully saturated rings. The third kappa shape index (κ3) is 4.08. The minimum absolute atomic E-state index is 0.0603. The van der Waals surface area contributed by atoms with E-state index in [4.69, 9.17) is 13.9 Å². The van der Waals surface area contributed by atoms with Gasteiger partial charge in [-0.3, -0.25) is 4.79 Å². The molecule has 1 atom stereocenters. The van der Waals surface area contributed by atoms with Crippen molar-refractivity contribution < 1.29 is 33.4 Å². The largest absolute Gasteiger partial charge is 0.508 e. The number of aromatic hydroxyl groups is 1. The number of hydrogen-bond donors (Lipinski definition) is 3. The van der Waals surface area contributed by atoms with E-state index in [2.05, 4.69) is 10.6 Å². The van der Waals surface area contributed by atoms with E-state index in [9.17, 15) is 19.5 Å². The molecule has 1 aromatic heterocycles. The first kappa shape index (κ1) is 19.3. The lowest BCUT2D eigenvalue weighted by Gasteiger charge is -2.26. The van der Waals surface area contributed by atoms with Crippen LogP contribution in [0.15, 0.2) is 40.1 Å². The van der Waals surface area contributed by atoms with Crippen LogP contribution in [0, 0.1) is 0 Å². The Bertz CT molecular complexity index is 960. The highest BCUT2D eigenvalue weighted by atomic mass is 16.5. The number of rotatable bonds is 6. The fourth-order valence-corrected chi connectivity index (χ4v) is 2.96. The second-order valence-corrected chi connectivity index (χ2v) is 6.21. The lowest BCUT2D eigenvalue weighted by atomic mass is 10.0. The molecule has 3 rings (SSSR count). The van der Waals surface area contributed by atoms with Crippen molar-refractivity contribution in [1.29, 1.82) is 0 Å². The Balaban J connectivity index is 1.71. The van der Waals surface area contributed by atoms with Gasteiger partial charge >= 0.3 is 18.0 Å². The minimum Gasteiger partial charge on any atom is -0.508 e. The number of hydrogen-bond acceptors (Lipinski definition) is 7. The number of esters is 2. The Labute approximate surface area is 160 Å². The first-order valence-electron chi connectivity index (χ1n) is 8.71. The minimum atomic E-state index is -0.589. The Morgan fingerprint density at radius 3 is 2.82 bits per heavy atom. The van der Waals surface area contributed by atoms with Gasteiger partial charge in [-0.2, -0.15) is 0 Å². The molecule has 0 saturated carbocycles. The van der Waals surface area contributed by atoms with E-state index in [1.807, 2.05) is 0 Å². The fourth-order valence-electron chi connectivity index (χ4n) is 2.96. The first-order valence-corrected chi connectivity index (χ1v) is 8.71. The smallest absolute Gasteiger partial charge is 0.338 e. The van der Waals surface area contributed by atoms with Gasteiger partial charge in [0.25, 0.3) is 0 Å². The summed E-state index contributed by atoms with van der Waals surface area (Å²) in [6, 6.07) is 3.52. The van der Waals surface area contributed by atoms with Crippen LogP contribution in [0.5, 0.6) is 5.75 Å². The number of phenols is 1. The van der Waals surface area contributed by atoms with Gasteiger partial charge in [0.2, 0.25) is 0 Å². The number of carbonyl (C=O) groups is 3. The number of amides is 2. The van der Waals surface area contributed by atoms with Crippen LogP contribution in [-0.4, -0.2) is 42.3 Å². The molecular formula is C19H20N2O7. The summed E-state index contributed by atoms with van der Waals surface area (Å²) in [7, 11) is 0. The molecule has 1 aromatic carbocycles. The van der Waals surface area contributed by atoms with E-state index in [0.29, 0.717) is 16.5 Å². The average molecular weight is 388 g/mol. The number of furan rings is 1. The van der Waals surface area contributed by atoms with Crippen molar-refractivity contribution in [2.45, 2.75) is 26.3 Å². The van der Waals surface area contributed by atoms with E-state index in [-0.39, 0.29) is 36.7 Å². The number of fused-ring (bicyclic) bond motifs is 1. The normalized spacial score (nSPS) is 16.5. The molecule has 0 radical (unpaired) electrons. The first-order chi connectivity index (χ1) is 13.4. The van der Waals surface area contributed by atoms with Crippen LogP contribution in [-0.2, 0) is 25.5 Å². The Morgan fingerprint density at radius 1 is 1.29 bits per heavy atom. The predicted molar refractivity (Wildman–Crippen MR) is 97.3 cm³/mol. The molecule has 9 nitrogen and oxygen atoms in total. The SMILES string of the molecule is CCOC(=O)C1=C(COC(=O)Cc2coc3cc(O)ccc23)NC(=O)N[C@H]1C. The summed E-state index contributed by atoms with van der Waals surface area (Å²) in [6.07, 6.45) is 1.35. The Hall–Kier alpha value is -3.49. The summed E-state index contributed by atoms with van der Waals surface area (Å²) in [6.45, 7) is 3.22. The monoisotopic (exact) mass is 388 g/mol. The van der Waals surface area contributed by atoms with Gasteiger partial charge < -0.3 is 29.6 Å². The van der Waals surface area contributed by atoms with Crippen LogP contribution in [0.2, 0.25) is 0 Å². The van der Waals surface area contributed by atoms with Gasteiger partial charge in [-0.25, -0.2) is 9.59 Å². The van der Waals surface area contributed by atoms with Crippen molar-refractivity contribution in [3.05, 3.63) is 41.3 Å². The van der Waals surface area contributed by atoms with Gasteiger partial charge in [0.05, 0.1) is 36.6 Å². The predicted octanol–water partition coefficient (Wildman–Crippen LogP) is 1.74. The zero-order valence-corrected chi connectivity index (χ0v) is 15.4. The summed E-state index contributed by atoms with van der Waals surface area (Å²) in [5.41, 5.74) is 1.44. The highest BCUT2D eigenvalue weighted by Gasteiger charge is 2.30. The van der Waals surface area contributed by atoms with Crippen LogP contribution < -0.4 is 10.6 Å². The summed E-state index contributed by atoms with van der Waals surface area (Å²) in [5.74, 6) is -1.09. The lowest BCUT2D eigenvalue weighted by molar-refractivity contribution is -0.143. The molecule has 148 valence electrons. The van der Waals surface area contributed by atoms with Crippen molar-refractivity contribution in [2.75, 3.05) is 13.2 Å². The standard InChI is InChI=1S/C19H20N2O7/c1-3-26-18(24)17-10(2)20-19(25)21-14(17)9-28-16(23)6-11-8-27-15-7-12(22)4-5-13(11)15/h4-5,7-8,10,22H,3,6,9H2,1-2H3,(H2,20,21,25)/t10-/m0/s1. The third-order valence-electron chi connectivity index (χ3n) is 4.22. The van der Waals surface area contributed by atoms with Crippen LogP contribution in [0.4, 0.5) is 4.79 Å². The van der Waals surface area contributed by atoms with Crippen molar-refractivity contribution in [3.8, 4) is 5.75 Å². The molecule has 0 saturated heterocycles. The van der Waals surface area contributed by atoms with Gasteiger partial charge in [0, 0.05) is 17.0 Å². The van der Waals surface area contributed by atoms with Crippen molar-refractivity contribution in [2.24, 2.45) is 0 Å². The second kappa shape index (κ2) is 8.03. The molecule has 9 heteroatoms. The van der Waals surface area contributed by atoms with E-state index in [1.165, 1.54) is 18.4 Å². The highest BCUT2D eigenvalue weighted by Crippen LogP contribution is 2.25. The molecule has 2 heterocycles. The van der Waals surface area contributed by atoms with Gasteiger partial charge in [-0.05, 0) is 26.0 Å². The van der Waals surface area contributed by atoms with E-state index in [1.54, 1.807) is 19.9 Å². The lowest BCUT2D eigenvalue weighted by Crippen LogP contribution is -2.50.